The maximum absolute atomic E-state index is 12.1. The predicted molar refractivity (Wildman–Crippen MR) is 90.0 cm³/mol. The van der Waals surface area contributed by atoms with Crippen LogP contribution < -0.4 is 15.4 Å². The van der Waals surface area contributed by atoms with Crippen LogP contribution in [-0.2, 0) is 14.3 Å². The zero-order valence-electron chi connectivity index (χ0n) is 13.5. The first-order valence-electron chi connectivity index (χ1n) is 7.10. The number of methoxy groups -OCH3 is 2. The first kappa shape index (κ1) is 17.8. The number of hydrogen-bond acceptors (Lipinski definition) is 7. The molecule has 0 spiro atoms. The summed E-state index contributed by atoms with van der Waals surface area (Å²) in [5.41, 5.74) is 0.841. The van der Waals surface area contributed by atoms with Crippen LogP contribution in [0.25, 0.3) is 10.6 Å². The van der Waals surface area contributed by atoms with Crippen molar-refractivity contribution >= 4 is 28.3 Å². The number of rotatable bonds is 7. The fraction of sp³-hybridized carbons (Fsp3) is 0.333. The molecule has 0 bridgehead atoms. The summed E-state index contributed by atoms with van der Waals surface area (Å²) in [5, 5.41) is 14.2. The Hall–Kier alpha value is -2.52. The molecule has 9 heteroatoms. The minimum absolute atomic E-state index is 0.101. The van der Waals surface area contributed by atoms with Crippen molar-refractivity contribution in [2.75, 3.05) is 26.1 Å². The summed E-state index contributed by atoms with van der Waals surface area (Å²) in [6, 6.07) is 6.68. The van der Waals surface area contributed by atoms with Crippen LogP contribution in [-0.4, -0.2) is 48.9 Å². The topological polar surface area (TPSA) is 102 Å². The normalized spacial score (nSPS) is 11.6. The molecule has 1 heterocycles. The van der Waals surface area contributed by atoms with E-state index in [-0.39, 0.29) is 18.4 Å². The van der Waals surface area contributed by atoms with Crippen molar-refractivity contribution in [3.05, 3.63) is 24.3 Å². The molecule has 0 aliphatic carbocycles. The minimum Gasteiger partial charge on any atom is -0.497 e. The first-order chi connectivity index (χ1) is 11.5. The second-order valence-corrected chi connectivity index (χ2v) is 5.83. The Balaban J connectivity index is 2.00. The number of ether oxygens (including phenoxy) is 2. The van der Waals surface area contributed by atoms with E-state index in [1.807, 2.05) is 24.3 Å². The Morgan fingerprint density at radius 2 is 2.08 bits per heavy atom. The number of hydrogen-bond donors (Lipinski definition) is 2. The van der Waals surface area contributed by atoms with E-state index in [0.29, 0.717) is 15.9 Å². The quantitative estimate of drug-likeness (QED) is 0.780. The lowest BCUT2D eigenvalue weighted by Crippen LogP contribution is -2.43. The molecule has 8 nitrogen and oxygen atoms in total. The smallest absolute Gasteiger partial charge is 0.248 e. The van der Waals surface area contributed by atoms with Gasteiger partial charge in [0, 0.05) is 12.7 Å². The standard InChI is InChI=1S/C15H18N4O4S/c1-9(16-12(20)8-22-2)13(21)17-15-19-18-14(24-15)10-5-4-6-11(7-10)23-3/h4-7,9H,8H2,1-3H3,(H,16,20)(H,17,19,21)/t9-/m1/s1. The van der Waals surface area contributed by atoms with Crippen molar-refractivity contribution in [1.29, 1.82) is 0 Å². The van der Waals surface area contributed by atoms with Gasteiger partial charge < -0.3 is 14.8 Å². The van der Waals surface area contributed by atoms with Crippen molar-refractivity contribution in [3.63, 3.8) is 0 Å². The van der Waals surface area contributed by atoms with E-state index < -0.39 is 6.04 Å². The van der Waals surface area contributed by atoms with Crippen LogP contribution in [0.4, 0.5) is 5.13 Å². The van der Waals surface area contributed by atoms with Crippen LogP contribution in [0.5, 0.6) is 5.75 Å². The lowest BCUT2D eigenvalue weighted by atomic mass is 10.2. The zero-order chi connectivity index (χ0) is 17.5. The van der Waals surface area contributed by atoms with Gasteiger partial charge in [-0.1, -0.05) is 23.5 Å². The van der Waals surface area contributed by atoms with Crippen LogP contribution in [0.15, 0.2) is 24.3 Å². The molecule has 0 unspecified atom stereocenters. The maximum Gasteiger partial charge on any atom is 0.248 e. The number of nitrogens with one attached hydrogen (secondary N) is 2. The summed E-state index contributed by atoms with van der Waals surface area (Å²) in [6.45, 7) is 1.48. The van der Waals surface area contributed by atoms with Gasteiger partial charge >= 0.3 is 0 Å². The Morgan fingerprint density at radius 3 is 2.79 bits per heavy atom. The molecule has 2 N–H and O–H groups in total. The fourth-order valence-corrected chi connectivity index (χ4v) is 2.58. The number of benzene rings is 1. The Kier molecular flexibility index (Phi) is 6.21. The average molecular weight is 350 g/mol. The average Bonchev–Trinajstić information content (AvgIpc) is 3.03. The summed E-state index contributed by atoms with van der Waals surface area (Å²) in [6.07, 6.45) is 0. The molecule has 0 fully saturated rings. The lowest BCUT2D eigenvalue weighted by Gasteiger charge is -2.12. The van der Waals surface area contributed by atoms with Crippen LogP contribution in [0.1, 0.15) is 6.92 Å². The van der Waals surface area contributed by atoms with Gasteiger partial charge in [0.05, 0.1) is 7.11 Å². The summed E-state index contributed by atoms with van der Waals surface area (Å²) in [4.78, 5) is 23.5. The highest BCUT2D eigenvalue weighted by Gasteiger charge is 2.17. The van der Waals surface area contributed by atoms with Crippen LogP contribution in [0.2, 0.25) is 0 Å². The number of anilines is 1. The van der Waals surface area contributed by atoms with Crippen LogP contribution in [0, 0.1) is 0 Å². The number of amides is 2. The summed E-state index contributed by atoms with van der Waals surface area (Å²) >= 11 is 1.23. The van der Waals surface area contributed by atoms with E-state index in [2.05, 4.69) is 20.8 Å². The Labute approximate surface area is 143 Å². The van der Waals surface area contributed by atoms with Gasteiger partial charge in [-0.15, -0.1) is 10.2 Å². The molecule has 128 valence electrons. The summed E-state index contributed by atoms with van der Waals surface area (Å²) in [7, 11) is 3.00. The third-order valence-corrected chi connectivity index (χ3v) is 3.91. The van der Waals surface area contributed by atoms with Crippen molar-refractivity contribution in [2.24, 2.45) is 0 Å². The summed E-state index contributed by atoms with van der Waals surface area (Å²) in [5.74, 6) is -0.0370. The van der Waals surface area contributed by atoms with Gasteiger partial charge in [-0.25, -0.2) is 0 Å². The van der Waals surface area contributed by atoms with E-state index >= 15 is 0 Å². The molecule has 2 aromatic rings. The van der Waals surface area contributed by atoms with Crippen molar-refractivity contribution in [2.45, 2.75) is 13.0 Å². The second-order valence-electron chi connectivity index (χ2n) is 4.86. The monoisotopic (exact) mass is 350 g/mol. The molecule has 1 aromatic carbocycles. The third kappa shape index (κ3) is 4.74. The number of carbonyl (C=O) groups excluding carboxylic acids is 2. The fourth-order valence-electron chi connectivity index (χ4n) is 1.84. The molecular weight excluding hydrogens is 332 g/mol. The highest BCUT2D eigenvalue weighted by Crippen LogP contribution is 2.28. The maximum atomic E-state index is 12.1. The molecule has 1 atom stereocenters. The minimum atomic E-state index is -0.711. The van der Waals surface area contributed by atoms with Gasteiger partial charge in [-0.3, -0.25) is 14.9 Å². The van der Waals surface area contributed by atoms with E-state index in [4.69, 9.17) is 9.47 Å². The zero-order valence-corrected chi connectivity index (χ0v) is 14.3. The van der Waals surface area contributed by atoms with Crippen LogP contribution >= 0.6 is 11.3 Å². The Morgan fingerprint density at radius 1 is 1.29 bits per heavy atom. The molecule has 1 aromatic heterocycles. The van der Waals surface area contributed by atoms with Crippen LogP contribution in [0.3, 0.4) is 0 Å². The second kappa shape index (κ2) is 8.37. The van der Waals surface area contributed by atoms with Gasteiger partial charge in [-0.05, 0) is 19.1 Å². The Bertz CT molecular complexity index is 719. The molecule has 2 amide bonds. The van der Waals surface area contributed by atoms with E-state index in [1.54, 1.807) is 14.0 Å². The number of carbonyl (C=O) groups is 2. The number of aromatic nitrogens is 2. The van der Waals surface area contributed by atoms with Gasteiger partial charge in [0.2, 0.25) is 16.9 Å². The molecule has 0 radical (unpaired) electrons. The van der Waals surface area contributed by atoms with Crippen molar-refractivity contribution in [3.8, 4) is 16.3 Å². The highest BCUT2D eigenvalue weighted by atomic mass is 32.1. The first-order valence-corrected chi connectivity index (χ1v) is 7.92. The number of nitrogens with zero attached hydrogens (tertiary/aromatic N) is 2. The van der Waals surface area contributed by atoms with Crippen molar-refractivity contribution < 1.29 is 19.1 Å². The SMILES string of the molecule is COCC(=O)N[C@H](C)C(=O)Nc1nnc(-c2cccc(OC)c2)s1. The van der Waals surface area contributed by atoms with E-state index in [1.165, 1.54) is 18.4 Å². The molecule has 0 aliphatic rings. The van der Waals surface area contributed by atoms with E-state index in [0.717, 1.165) is 5.56 Å². The third-order valence-electron chi connectivity index (χ3n) is 3.02. The summed E-state index contributed by atoms with van der Waals surface area (Å²) < 4.78 is 9.87. The lowest BCUT2D eigenvalue weighted by molar-refractivity contribution is -0.128. The van der Waals surface area contributed by atoms with Gasteiger partial charge in [0.15, 0.2) is 0 Å². The van der Waals surface area contributed by atoms with Gasteiger partial charge in [-0.2, -0.15) is 0 Å². The van der Waals surface area contributed by atoms with Crippen molar-refractivity contribution in [1.82, 2.24) is 15.5 Å². The van der Waals surface area contributed by atoms with Gasteiger partial charge in [0.1, 0.15) is 23.4 Å². The molecule has 24 heavy (non-hydrogen) atoms. The molecule has 0 aliphatic heterocycles. The molecule has 0 saturated carbocycles. The molecular formula is C15H18N4O4S. The largest absolute Gasteiger partial charge is 0.497 e. The molecule has 2 rings (SSSR count). The van der Waals surface area contributed by atoms with E-state index in [9.17, 15) is 9.59 Å². The predicted octanol–water partition coefficient (Wildman–Crippen LogP) is 1.30. The molecule has 0 saturated heterocycles. The highest BCUT2D eigenvalue weighted by molar-refractivity contribution is 7.18. The van der Waals surface area contributed by atoms with Gasteiger partial charge in [0.25, 0.3) is 0 Å².